The fourth-order valence-electron chi connectivity index (χ4n) is 2.83. The molecule has 0 aromatic heterocycles. The molecule has 0 aliphatic heterocycles. The molecule has 0 heterocycles. The molecule has 106 valence electrons. The number of ether oxygens (including phenoxy) is 2. The molecule has 0 amide bonds. The first-order valence-electron chi connectivity index (χ1n) is 7.11. The van der Waals surface area contributed by atoms with Gasteiger partial charge in [-0.3, -0.25) is 0 Å². The fourth-order valence-corrected chi connectivity index (χ4v) is 2.83. The van der Waals surface area contributed by atoms with E-state index in [0.29, 0.717) is 17.9 Å². The largest absolute Gasteiger partial charge is 0.496 e. The van der Waals surface area contributed by atoms with Crippen molar-refractivity contribution in [1.82, 2.24) is 5.32 Å². The highest BCUT2D eigenvalue weighted by molar-refractivity contribution is 5.48. The number of hydrogen-bond donors (Lipinski definition) is 1. The van der Waals surface area contributed by atoms with Gasteiger partial charge in [0, 0.05) is 11.6 Å². The summed E-state index contributed by atoms with van der Waals surface area (Å²) in [6.07, 6.45) is 2.51. The molecule has 3 heteroatoms. The fraction of sp³-hybridized carbons (Fsp3) is 0.625. The Morgan fingerprint density at radius 1 is 1.16 bits per heavy atom. The van der Waals surface area contributed by atoms with Gasteiger partial charge in [-0.15, -0.1) is 0 Å². The molecule has 0 spiro atoms. The third-order valence-corrected chi connectivity index (χ3v) is 4.04. The Morgan fingerprint density at radius 2 is 1.79 bits per heavy atom. The molecule has 0 saturated heterocycles. The van der Waals surface area contributed by atoms with Crippen LogP contribution < -0.4 is 14.8 Å². The van der Waals surface area contributed by atoms with Crippen molar-refractivity contribution in [1.29, 1.82) is 0 Å². The predicted octanol–water partition coefficient (Wildman–Crippen LogP) is 3.20. The molecule has 2 unspecified atom stereocenters. The molecule has 1 saturated carbocycles. The van der Waals surface area contributed by atoms with Gasteiger partial charge in [0.15, 0.2) is 0 Å². The SMILES string of the molecule is COc1cccc(OC)c1C1CCC1CNC(C)C. The van der Waals surface area contributed by atoms with Gasteiger partial charge in [0.05, 0.1) is 14.2 Å². The highest BCUT2D eigenvalue weighted by Crippen LogP contribution is 2.49. The third-order valence-electron chi connectivity index (χ3n) is 4.04. The zero-order valence-electron chi connectivity index (χ0n) is 12.4. The quantitative estimate of drug-likeness (QED) is 0.855. The molecule has 2 rings (SSSR count). The first kappa shape index (κ1) is 14.2. The summed E-state index contributed by atoms with van der Waals surface area (Å²) >= 11 is 0. The van der Waals surface area contributed by atoms with Gasteiger partial charge >= 0.3 is 0 Å². The zero-order chi connectivity index (χ0) is 13.8. The second-order valence-electron chi connectivity index (χ2n) is 5.58. The van der Waals surface area contributed by atoms with Gasteiger partial charge in [-0.1, -0.05) is 19.9 Å². The van der Waals surface area contributed by atoms with Crippen molar-refractivity contribution in [2.45, 2.75) is 38.6 Å². The maximum absolute atomic E-state index is 5.52. The van der Waals surface area contributed by atoms with Gasteiger partial charge in [-0.25, -0.2) is 0 Å². The normalized spacial score (nSPS) is 22.2. The summed E-state index contributed by atoms with van der Waals surface area (Å²) in [4.78, 5) is 0. The van der Waals surface area contributed by atoms with Crippen LogP contribution in [0.25, 0.3) is 0 Å². The van der Waals surface area contributed by atoms with Crippen LogP contribution in [0.1, 0.15) is 38.2 Å². The Balaban J connectivity index is 2.16. The predicted molar refractivity (Wildman–Crippen MR) is 78.1 cm³/mol. The van der Waals surface area contributed by atoms with E-state index in [-0.39, 0.29) is 0 Å². The number of benzene rings is 1. The van der Waals surface area contributed by atoms with E-state index in [9.17, 15) is 0 Å². The van der Waals surface area contributed by atoms with Crippen LogP contribution in [0.5, 0.6) is 11.5 Å². The van der Waals surface area contributed by atoms with Crippen LogP contribution in [-0.2, 0) is 0 Å². The summed E-state index contributed by atoms with van der Waals surface area (Å²) in [5.41, 5.74) is 1.24. The van der Waals surface area contributed by atoms with Gasteiger partial charge in [0.1, 0.15) is 11.5 Å². The molecular formula is C16H25NO2. The summed E-state index contributed by atoms with van der Waals surface area (Å²) in [6.45, 7) is 5.46. The molecule has 1 aromatic rings. The van der Waals surface area contributed by atoms with Crippen LogP contribution in [0.4, 0.5) is 0 Å². The van der Waals surface area contributed by atoms with Crippen molar-refractivity contribution in [2.24, 2.45) is 5.92 Å². The molecule has 1 aliphatic carbocycles. The highest BCUT2D eigenvalue weighted by Gasteiger charge is 2.35. The smallest absolute Gasteiger partial charge is 0.126 e. The van der Waals surface area contributed by atoms with Gasteiger partial charge in [-0.05, 0) is 43.4 Å². The molecule has 0 radical (unpaired) electrons. The lowest BCUT2D eigenvalue weighted by atomic mass is 9.69. The van der Waals surface area contributed by atoms with Gasteiger partial charge in [-0.2, -0.15) is 0 Å². The van der Waals surface area contributed by atoms with Crippen molar-refractivity contribution in [3.63, 3.8) is 0 Å². The minimum atomic E-state index is 0.542. The number of methoxy groups -OCH3 is 2. The molecule has 3 nitrogen and oxygen atoms in total. The second-order valence-corrected chi connectivity index (χ2v) is 5.58. The van der Waals surface area contributed by atoms with E-state index in [1.807, 2.05) is 18.2 Å². The molecule has 1 fully saturated rings. The van der Waals surface area contributed by atoms with Crippen molar-refractivity contribution >= 4 is 0 Å². The zero-order valence-corrected chi connectivity index (χ0v) is 12.4. The van der Waals surface area contributed by atoms with E-state index >= 15 is 0 Å². The van der Waals surface area contributed by atoms with E-state index < -0.39 is 0 Å². The molecule has 1 aliphatic rings. The summed E-state index contributed by atoms with van der Waals surface area (Å²) in [6, 6.07) is 6.59. The first-order valence-corrected chi connectivity index (χ1v) is 7.11. The second kappa shape index (κ2) is 6.29. The Morgan fingerprint density at radius 3 is 2.21 bits per heavy atom. The molecule has 19 heavy (non-hydrogen) atoms. The maximum Gasteiger partial charge on any atom is 0.126 e. The van der Waals surface area contributed by atoms with Gasteiger partial charge in [0.2, 0.25) is 0 Å². The van der Waals surface area contributed by atoms with Crippen LogP contribution in [0.15, 0.2) is 18.2 Å². The first-order chi connectivity index (χ1) is 9.17. The summed E-state index contributed by atoms with van der Waals surface area (Å²) < 4.78 is 11.0. The molecule has 0 bridgehead atoms. The standard InChI is InChI=1S/C16H25NO2/c1-11(2)17-10-12-8-9-13(12)16-14(18-3)6-5-7-15(16)19-4/h5-7,11-13,17H,8-10H2,1-4H3. The van der Waals surface area contributed by atoms with Crippen LogP contribution >= 0.6 is 0 Å². The molecule has 1 N–H and O–H groups in total. The van der Waals surface area contributed by atoms with Crippen molar-refractivity contribution in [2.75, 3.05) is 20.8 Å². The van der Waals surface area contributed by atoms with Gasteiger partial charge < -0.3 is 14.8 Å². The Hall–Kier alpha value is -1.22. The minimum Gasteiger partial charge on any atom is -0.496 e. The maximum atomic E-state index is 5.52. The van der Waals surface area contributed by atoms with E-state index in [4.69, 9.17) is 9.47 Å². The average molecular weight is 263 g/mol. The summed E-state index contributed by atoms with van der Waals surface area (Å²) in [5.74, 6) is 3.15. The van der Waals surface area contributed by atoms with Gasteiger partial charge in [0.25, 0.3) is 0 Å². The monoisotopic (exact) mass is 263 g/mol. The topological polar surface area (TPSA) is 30.5 Å². The van der Waals surface area contributed by atoms with E-state index in [0.717, 1.165) is 18.0 Å². The van der Waals surface area contributed by atoms with Crippen molar-refractivity contribution < 1.29 is 9.47 Å². The van der Waals surface area contributed by atoms with Crippen LogP contribution in [0, 0.1) is 5.92 Å². The van der Waals surface area contributed by atoms with E-state index in [1.54, 1.807) is 14.2 Å². The Labute approximate surface area is 116 Å². The molecular weight excluding hydrogens is 238 g/mol. The Bertz CT molecular complexity index is 395. The van der Waals surface area contributed by atoms with Crippen molar-refractivity contribution in [3.8, 4) is 11.5 Å². The van der Waals surface area contributed by atoms with E-state index in [1.165, 1.54) is 18.4 Å². The van der Waals surface area contributed by atoms with Crippen LogP contribution in [0.3, 0.4) is 0 Å². The van der Waals surface area contributed by atoms with Crippen LogP contribution in [-0.4, -0.2) is 26.8 Å². The minimum absolute atomic E-state index is 0.542. The number of hydrogen-bond acceptors (Lipinski definition) is 3. The summed E-state index contributed by atoms with van der Waals surface area (Å²) in [7, 11) is 3.47. The Kier molecular flexibility index (Phi) is 4.70. The average Bonchev–Trinajstić information content (AvgIpc) is 2.37. The lowest BCUT2D eigenvalue weighted by Crippen LogP contribution is -2.37. The lowest BCUT2D eigenvalue weighted by Gasteiger charge is -2.39. The van der Waals surface area contributed by atoms with Crippen molar-refractivity contribution in [3.05, 3.63) is 23.8 Å². The summed E-state index contributed by atoms with van der Waals surface area (Å²) in [5, 5.41) is 3.54. The number of rotatable bonds is 6. The third kappa shape index (κ3) is 3.03. The van der Waals surface area contributed by atoms with Crippen LogP contribution in [0.2, 0.25) is 0 Å². The molecule has 2 atom stereocenters. The molecule has 1 aromatic carbocycles. The number of nitrogens with one attached hydrogen (secondary N) is 1. The van der Waals surface area contributed by atoms with E-state index in [2.05, 4.69) is 19.2 Å². The lowest BCUT2D eigenvalue weighted by molar-refractivity contribution is 0.229. The highest BCUT2D eigenvalue weighted by atomic mass is 16.5.